The highest BCUT2D eigenvalue weighted by Crippen LogP contribution is 2.15. The molecule has 0 spiro atoms. The van der Waals surface area contributed by atoms with Crippen LogP contribution in [0.15, 0.2) is 0 Å². The van der Waals surface area contributed by atoms with Gasteiger partial charge in [-0.2, -0.15) is 0 Å². The highest BCUT2D eigenvalue weighted by Gasteiger charge is 2.19. The van der Waals surface area contributed by atoms with Crippen molar-refractivity contribution in [2.45, 2.75) is 27.2 Å². The summed E-state index contributed by atoms with van der Waals surface area (Å²) >= 11 is 0. The molecule has 1 rings (SSSR count). The van der Waals surface area contributed by atoms with Gasteiger partial charge < -0.3 is 9.64 Å². The van der Waals surface area contributed by atoms with E-state index in [9.17, 15) is 4.79 Å². The first kappa shape index (κ1) is 11.3. The summed E-state index contributed by atoms with van der Waals surface area (Å²) in [6.07, 6.45) is 2.03. The predicted molar refractivity (Wildman–Crippen MR) is 49.1 cm³/mol. The number of hydrogen-bond acceptors (Lipinski definition) is 2. The second-order valence-electron chi connectivity index (χ2n) is 3.14. The highest BCUT2D eigenvalue weighted by atomic mass is 16.5. The maximum atomic E-state index is 11.0. The number of amides is 1. The lowest BCUT2D eigenvalue weighted by Gasteiger charge is -2.28. The Morgan fingerprint density at radius 1 is 1.42 bits per heavy atom. The van der Waals surface area contributed by atoms with Crippen molar-refractivity contribution in [1.82, 2.24) is 4.90 Å². The molecule has 0 saturated carbocycles. The fourth-order valence-corrected chi connectivity index (χ4v) is 1.32. The van der Waals surface area contributed by atoms with Gasteiger partial charge in [-0.25, -0.2) is 4.79 Å². The number of rotatable bonds is 0. The van der Waals surface area contributed by atoms with Crippen LogP contribution in [0.4, 0.5) is 4.79 Å². The smallest absolute Gasteiger partial charge is 0.409 e. The molecule has 3 heteroatoms. The van der Waals surface area contributed by atoms with E-state index < -0.39 is 0 Å². The Hall–Kier alpha value is -0.730. The summed E-state index contributed by atoms with van der Waals surface area (Å²) in [5.41, 5.74) is 0. The van der Waals surface area contributed by atoms with Crippen LogP contribution >= 0.6 is 0 Å². The van der Waals surface area contributed by atoms with E-state index in [1.165, 1.54) is 7.11 Å². The molecule has 0 aromatic heterocycles. The molecule has 0 N–H and O–H groups in total. The molecule has 1 fully saturated rings. The summed E-state index contributed by atoms with van der Waals surface area (Å²) in [6.45, 7) is 3.93. The minimum atomic E-state index is -0.183. The van der Waals surface area contributed by atoms with Gasteiger partial charge in [0.25, 0.3) is 0 Å². The Balaban J connectivity index is 0.00000121. The topological polar surface area (TPSA) is 29.5 Å². The normalized spacial score (nSPS) is 18.3. The maximum Gasteiger partial charge on any atom is 0.409 e. The van der Waals surface area contributed by atoms with E-state index in [4.69, 9.17) is 0 Å². The molecule has 1 aliphatic heterocycles. The van der Waals surface area contributed by atoms with E-state index in [-0.39, 0.29) is 13.5 Å². The van der Waals surface area contributed by atoms with Gasteiger partial charge in [-0.3, -0.25) is 0 Å². The Morgan fingerprint density at radius 2 is 1.92 bits per heavy atom. The van der Waals surface area contributed by atoms with Crippen LogP contribution in [-0.2, 0) is 4.74 Å². The average Bonchev–Trinajstić information content (AvgIpc) is 2.05. The Kier molecular flexibility index (Phi) is 4.71. The third-order valence-corrected chi connectivity index (χ3v) is 2.22. The molecular weight excluding hydrogens is 154 g/mol. The minimum Gasteiger partial charge on any atom is -0.453 e. The third-order valence-electron chi connectivity index (χ3n) is 2.22. The van der Waals surface area contributed by atoms with Crippen LogP contribution in [-0.4, -0.2) is 31.2 Å². The fourth-order valence-electron chi connectivity index (χ4n) is 1.32. The highest BCUT2D eigenvalue weighted by molar-refractivity contribution is 5.67. The molecule has 0 aromatic carbocycles. The second-order valence-corrected chi connectivity index (χ2v) is 3.14. The van der Waals surface area contributed by atoms with Gasteiger partial charge >= 0.3 is 6.09 Å². The van der Waals surface area contributed by atoms with Gasteiger partial charge in [0, 0.05) is 13.1 Å². The number of hydrogen-bond donors (Lipinski definition) is 0. The SMILES string of the molecule is C.COC(=O)N1CCC(C)CC1. The quantitative estimate of drug-likeness (QED) is 0.561. The van der Waals surface area contributed by atoms with Crippen molar-refractivity contribution >= 4 is 6.09 Å². The molecule has 72 valence electrons. The zero-order chi connectivity index (χ0) is 8.27. The van der Waals surface area contributed by atoms with E-state index in [1.807, 2.05) is 0 Å². The van der Waals surface area contributed by atoms with Crippen molar-refractivity contribution in [3.63, 3.8) is 0 Å². The van der Waals surface area contributed by atoms with Crippen LogP contribution in [0.2, 0.25) is 0 Å². The lowest BCUT2D eigenvalue weighted by Crippen LogP contribution is -2.37. The van der Waals surface area contributed by atoms with E-state index in [0.717, 1.165) is 31.8 Å². The zero-order valence-electron chi connectivity index (χ0n) is 7.17. The molecule has 12 heavy (non-hydrogen) atoms. The summed E-state index contributed by atoms with van der Waals surface area (Å²) in [5.74, 6) is 0.760. The molecule has 0 radical (unpaired) electrons. The van der Waals surface area contributed by atoms with Crippen LogP contribution in [0, 0.1) is 5.92 Å². The summed E-state index contributed by atoms with van der Waals surface area (Å²) in [7, 11) is 1.43. The van der Waals surface area contributed by atoms with Crippen LogP contribution in [0.5, 0.6) is 0 Å². The number of carbonyl (C=O) groups is 1. The molecule has 0 atom stereocenters. The molecule has 0 bridgehead atoms. The Morgan fingerprint density at radius 3 is 2.33 bits per heavy atom. The number of methoxy groups -OCH3 is 1. The van der Waals surface area contributed by atoms with Gasteiger partial charge in [-0.05, 0) is 18.8 Å². The first-order valence-corrected chi connectivity index (χ1v) is 4.07. The summed E-state index contributed by atoms with van der Waals surface area (Å²) in [6, 6.07) is 0. The van der Waals surface area contributed by atoms with Crippen LogP contribution in [0.25, 0.3) is 0 Å². The van der Waals surface area contributed by atoms with E-state index in [0.29, 0.717) is 0 Å². The number of carbonyl (C=O) groups excluding carboxylic acids is 1. The zero-order valence-corrected chi connectivity index (χ0v) is 7.17. The molecule has 3 nitrogen and oxygen atoms in total. The predicted octanol–water partition coefficient (Wildman–Crippen LogP) is 2.12. The summed E-state index contributed by atoms with van der Waals surface area (Å²) in [5, 5.41) is 0. The maximum absolute atomic E-state index is 11.0. The van der Waals surface area contributed by atoms with E-state index in [2.05, 4.69) is 11.7 Å². The van der Waals surface area contributed by atoms with Crippen molar-refractivity contribution in [3.8, 4) is 0 Å². The number of likely N-dealkylation sites (tertiary alicyclic amines) is 1. The first-order chi connectivity index (χ1) is 5.24. The number of ether oxygens (including phenoxy) is 1. The summed E-state index contributed by atoms with van der Waals surface area (Å²) < 4.78 is 4.61. The van der Waals surface area contributed by atoms with Crippen molar-refractivity contribution in [2.24, 2.45) is 5.92 Å². The van der Waals surface area contributed by atoms with Gasteiger partial charge in [0.15, 0.2) is 0 Å². The lowest BCUT2D eigenvalue weighted by atomic mass is 10.00. The molecule has 0 aromatic rings. The van der Waals surface area contributed by atoms with Crippen LogP contribution < -0.4 is 0 Å². The van der Waals surface area contributed by atoms with Crippen molar-refractivity contribution in [2.75, 3.05) is 20.2 Å². The van der Waals surface area contributed by atoms with Crippen molar-refractivity contribution in [1.29, 1.82) is 0 Å². The molecule has 1 amide bonds. The molecule has 1 heterocycles. The van der Waals surface area contributed by atoms with Gasteiger partial charge in [0.05, 0.1) is 7.11 Å². The van der Waals surface area contributed by atoms with E-state index in [1.54, 1.807) is 4.90 Å². The lowest BCUT2D eigenvalue weighted by molar-refractivity contribution is 0.108. The monoisotopic (exact) mass is 173 g/mol. The number of piperidine rings is 1. The second kappa shape index (κ2) is 5.01. The number of nitrogens with zero attached hydrogens (tertiary/aromatic N) is 1. The van der Waals surface area contributed by atoms with Gasteiger partial charge in [0.2, 0.25) is 0 Å². The van der Waals surface area contributed by atoms with E-state index >= 15 is 0 Å². The minimum absolute atomic E-state index is 0. The van der Waals surface area contributed by atoms with Crippen LogP contribution in [0.1, 0.15) is 27.2 Å². The fraction of sp³-hybridized carbons (Fsp3) is 0.889. The summed E-state index contributed by atoms with van der Waals surface area (Å²) in [4.78, 5) is 12.7. The molecule has 0 unspecified atom stereocenters. The standard InChI is InChI=1S/C8H15NO2.CH4/c1-7-3-5-9(6-4-7)8(10)11-2;/h7H,3-6H2,1-2H3;1H4. The third kappa shape index (κ3) is 2.72. The Labute approximate surface area is 74.7 Å². The first-order valence-electron chi connectivity index (χ1n) is 4.07. The van der Waals surface area contributed by atoms with Gasteiger partial charge in [0.1, 0.15) is 0 Å². The van der Waals surface area contributed by atoms with Gasteiger partial charge in [-0.1, -0.05) is 14.4 Å². The molecule has 1 saturated heterocycles. The van der Waals surface area contributed by atoms with Gasteiger partial charge in [-0.15, -0.1) is 0 Å². The molecule has 0 aliphatic carbocycles. The average molecular weight is 173 g/mol. The van der Waals surface area contributed by atoms with Crippen molar-refractivity contribution < 1.29 is 9.53 Å². The van der Waals surface area contributed by atoms with Crippen molar-refractivity contribution in [3.05, 3.63) is 0 Å². The van der Waals surface area contributed by atoms with Crippen LogP contribution in [0.3, 0.4) is 0 Å². The molecule has 1 aliphatic rings. The molecular formula is C9H19NO2. The largest absolute Gasteiger partial charge is 0.453 e. The Bertz CT molecular complexity index is 139.